The third-order valence-electron chi connectivity index (χ3n) is 2.74. The van der Waals surface area contributed by atoms with Crippen molar-refractivity contribution in [2.24, 2.45) is 0 Å². The van der Waals surface area contributed by atoms with Crippen molar-refractivity contribution in [1.29, 1.82) is 0 Å². The van der Waals surface area contributed by atoms with Gasteiger partial charge in [0.15, 0.2) is 11.4 Å². The molecule has 0 radical (unpaired) electrons. The average molecular weight is 388 g/mol. The molecule has 2 N–H and O–H groups in total. The third kappa shape index (κ3) is 2.74. The van der Waals surface area contributed by atoms with Gasteiger partial charge in [-0.25, -0.2) is 22.6 Å². The van der Waals surface area contributed by atoms with Gasteiger partial charge < -0.3 is 4.42 Å². The lowest BCUT2D eigenvalue weighted by Gasteiger charge is -2.08. The van der Waals surface area contributed by atoms with E-state index in [1.165, 1.54) is 18.2 Å². The van der Waals surface area contributed by atoms with Gasteiger partial charge in [-0.15, -0.1) is 0 Å². The number of nitrogens with one attached hydrogen (secondary N) is 2. The molecule has 7 nitrogen and oxygen atoms in total. The highest BCUT2D eigenvalue weighted by Crippen LogP contribution is 2.24. The number of halogens is 2. The Kier molecular flexibility index (Phi) is 3.49. The average Bonchev–Trinajstić information content (AvgIpc) is 2.81. The van der Waals surface area contributed by atoms with Crippen LogP contribution in [0.3, 0.4) is 0 Å². The number of pyridine rings is 1. The van der Waals surface area contributed by atoms with Gasteiger partial charge in [0.05, 0.1) is 21.1 Å². The van der Waals surface area contributed by atoms with E-state index in [4.69, 9.17) is 4.42 Å². The molecule has 114 valence electrons. The first kappa shape index (κ1) is 14.7. The molecule has 3 aromatic rings. The van der Waals surface area contributed by atoms with E-state index >= 15 is 0 Å². The topological polar surface area (TPSA) is 105 Å². The van der Waals surface area contributed by atoms with E-state index in [9.17, 15) is 17.6 Å². The number of benzene rings is 1. The lowest BCUT2D eigenvalue weighted by Crippen LogP contribution is -2.14. The van der Waals surface area contributed by atoms with Crippen molar-refractivity contribution in [3.05, 3.63) is 51.3 Å². The van der Waals surface area contributed by atoms with Crippen molar-refractivity contribution in [2.75, 3.05) is 4.72 Å². The number of oxazole rings is 1. The number of hydrogen-bond donors (Lipinski definition) is 2. The maximum atomic E-state index is 13.0. The van der Waals surface area contributed by atoms with Crippen molar-refractivity contribution < 1.29 is 17.2 Å². The minimum absolute atomic E-state index is 0.0583. The fourth-order valence-corrected chi connectivity index (χ4v) is 3.36. The molecule has 0 bridgehead atoms. The molecule has 10 heteroatoms. The first-order valence-electron chi connectivity index (χ1n) is 5.82. The molecular weight excluding hydrogens is 381 g/mol. The Balaban J connectivity index is 2.01. The number of anilines is 1. The zero-order valence-corrected chi connectivity index (χ0v) is 13.0. The maximum absolute atomic E-state index is 13.0. The van der Waals surface area contributed by atoms with Crippen LogP contribution in [0.25, 0.3) is 11.1 Å². The Bertz CT molecular complexity index is 1030. The molecule has 2 heterocycles. The fourth-order valence-electron chi connectivity index (χ4n) is 1.77. The SMILES string of the molecule is O=c1[nH]c2ccc(S(=O)(=O)Nc3ncc(F)cc3Br)cc2o1. The molecule has 0 unspecified atom stereocenters. The molecule has 0 aliphatic heterocycles. The number of aromatic amines is 1. The summed E-state index contributed by atoms with van der Waals surface area (Å²) in [6.45, 7) is 0. The molecule has 1 aromatic carbocycles. The summed E-state index contributed by atoms with van der Waals surface area (Å²) in [5.41, 5.74) is 0.490. The van der Waals surface area contributed by atoms with Crippen molar-refractivity contribution in [3.63, 3.8) is 0 Å². The summed E-state index contributed by atoms with van der Waals surface area (Å²) in [7, 11) is -3.97. The molecule has 0 saturated carbocycles. The second-order valence-corrected chi connectivity index (χ2v) is 6.80. The summed E-state index contributed by atoms with van der Waals surface area (Å²) in [4.78, 5) is 17.0. The summed E-state index contributed by atoms with van der Waals surface area (Å²) < 4.78 is 44.7. The molecule has 3 rings (SSSR count). The Hall–Kier alpha value is -2.20. The van der Waals surface area contributed by atoms with Gasteiger partial charge >= 0.3 is 5.76 Å². The van der Waals surface area contributed by atoms with Crippen LogP contribution in [0.5, 0.6) is 0 Å². The highest BCUT2D eigenvalue weighted by Gasteiger charge is 2.18. The van der Waals surface area contributed by atoms with Crippen molar-refractivity contribution in [1.82, 2.24) is 9.97 Å². The van der Waals surface area contributed by atoms with Crippen molar-refractivity contribution >= 4 is 42.9 Å². The van der Waals surface area contributed by atoms with Gasteiger partial charge in [-0.1, -0.05) is 0 Å². The van der Waals surface area contributed by atoms with Crippen molar-refractivity contribution in [2.45, 2.75) is 4.90 Å². The minimum atomic E-state index is -3.97. The first-order chi connectivity index (χ1) is 10.3. The van der Waals surface area contributed by atoms with Crippen LogP contribution in [0, 0.1) is 5.82 Å². The number of aromatic nitrogens is 2. The maximum Gasteiger partial charge on any atom is 0.417 e. The fraction of sp³-hybridized carbons (Fsp3) is 0. The van der Waals surface area contributed by atoms with Crippen LogP contribution in [-0.4, -0.2) is 18.4 Å². The Labute approximate surface area is 131 Å². The van der Waals surface area contributed by atoms with Crippen LogP contribution in [0.15, 0.2) is 49.0 Å². The molecule has 0 aliphatic rings. The molecule has 0 fully saturated rings. The third-order valence-corrected chi connectivity index (χ3v) is 4.68. The number of H-pyrrole nitrogens is 1. The summed E-state index contributed by atoms with van der Waals surface area (Å²) >= 11 is 3.02. The van der Waals surface area contributed by atoms with Crippen LogP contribution in [0.1, 0.15) is 0 Å². The molecule has 0 atom stereocenters. The van der Waals surface area contributed by atoms with Crippen molar-refractivity contribution in [3.8, 4) is 0 Å². The second-order valence-electron chi connectivity index (χ2n) is 4.26. The molecular formula is C12H7BrFN3O4S. The van der Waals surface area contributed by atoms with Gasteiger partial charge in [0.1, 0.15) is 5.82 Å². The summed E-state index contributed by atoms with van der Waals surface area (Å²) in [5, 5.41) is 0. The molecule has 0 spiro atoms. The molecule has 2 aromatic heterocycles. The highest BCUT2D eigenvalue weighted by molar-refractivity contribution is 9.10. The predicted molar refractivity (Wildman–Crippen MR) is 79.5 cm³/mol. The van der Waals surface area contributed by atoms with Gasteiger partial charge in [-0.3, -0.25) is 9.71 Å². The molecule has 0 aliphatic carbocycles. The van der Waals surface area contributed by atoms with Gasteiger partial charge in [0, 0.05) is 6.07 Å². The van der Waals surface area contributed by atoms with E-state index in [0.717, 1.165) is 12.3 Å². The van der Waals surface area contributed by atoms with E-state index in [2.05, 4.69) is 30.6 Å². The van der Waals surface area contributed by atoms with Crippen LogP contribution < -0.4 is 10.5 Å². The van der Waals surface area contributed by atoms with E-state index in [0.29, 0.717) is 5.52 Å². The standard InChI is InChI=1S/C12H7BrFN3O4S/c13-8-3-6(14)5-15-11(8)17-22(19,20)7-1-2-9-10(4-7)21-12(18)16-9/h1-5H,(H,15,17)(H,16,18). The minimum Gasteiger partial charge on any atom is -0.408 e. The zero-order valence-electron chi connectivity index (χ0n) is 10.6. The first-order valence-corrected chi connectivity index (χ1v) is 8.09. The van der Waals surface area contributed by atoms with Gasteiger partial charge in [-0.2, -0.15) is 0 Å². The number of sulfonamides is 1. The quantitative estimate of drug-likeness (QED) is 0.716. The van der Waals surface area contributed by atoms with Gasteiger partial charge in [-0.05, 0) is 34.1 Å². The van der Waals surface area contributed by atoms with Crippen LogP contribution >= 0.6 is 15.9 Å². The van der Waals surface area contributed by atoms with Crippen LogP contribution in [0.4, 0.5) is 10.2 Å². The Morgan fingerprint density at radius 2 is 2.09 bits per heavy atom. The van der Waals surface area contributed by atoms with E-state index in [1.807, 2.05) is 0 Å². The normalized spacial score (nSPS) is 11.7. The van der Waals surface area contributed by atoms with Gasteiger partial charge in [0.25, 0.3) is 10.0 Å². The number of hydrogen-bond acceptors (Lipinski definition) is 5. The monoisotopic (exact) mass is 387 g/mol. The molecule has 22 heavy (non-hydrogen) atoms. The molecule has 0 saturated heterocycles. The van der Waals surface area contributed by atoms with E-state index in [-0.39, 0.29) is 20.8 Å². The summed E-state index contributed by atoms with van der Waals surface area (Å²) in [6.07, 6.45) is 0.886. The molecule has 0 amide bonds. The van der Waals surface area contributed by atoms with Crippen LogP contribution in [-0.2, 0) is 10.0 Å². The lowest BCUT2D eigenvalue weighted by atomic mass is 10.3. The Morgan fingerprint density at radius 1 is 1.32 bits per heavy atom. The van der Waals surface area contributed by atoms with E-state index < -0.39 is 21.6 Å². The van der Waals surface area contributed by atoms with Crippen LogP contribution in [0.2, 0.25) is 0 Å². The summed E-state index contributed by atoms with van der Waals surface area (Å²) in [5.74, 6) is -1.34. The smallest absolute Gasteiger partial charge is 0.408 e. The number of fused-ring (bicyclic) bond motifs is 1. The largest absolute Gasteiger partial charge is 0.417 e. The number of rotatable bonds is 3. The summed E-state index contributed by atoms with van der Waals surface area (Å²) in [6, 6.07) is 4.99. The van der Waals surface area contributed by atoms with E-state index in [1.54, 1.807) is 0 Å². The van der Waals surface area contributed by atoms with Gasteiger partial charge in [0.2, 0.25) is 0 Å². The predicted octanol–water partition coefficient (Wildman–Crippen LogP) is 2.22. The second kappa shape index (κ2) is 5.21. The number of nitrogens with zero attached hydrogens (tertiary/aromatic N) is 1. The highest BCUT2D eigenvalue weighted by atomic mass is 79.9. The lowest BCUT2D eigenvalue weighted by molar-refractivity contribution is 0.554. The Morgan fingerprint density at radius 3 is 2.82 bits per heavy atom. The zero-order chi connectivity index (χ0) is 15.9.